The maximum absolute atomic E-state index is 12.3. The molecule has 0 fully saturated rings. The molecule has 0 bridgehead atoms. The van der Waals surface area contributed by atoms with E-state index in [1.165, 1.54) is 5.56 Å². The van der Waals surface area contributed by atoms with Gasteiger partial charge >= 0.3 is 6.18 Å². The standard InChI is InChI=1S/C19H29F3N4O2/c1-4-23-18(25-13-17(27)26(2)14-19(20,21)22)24-12-6-5-7-15-8-10-16(28-3)11-9-15/h8-11H,4-7,12-14H2,1-3H3,(H2,23,24,25). The molecule has 0 saturated heterocycles. The summed E-state index contributed by atoms with van der Waals surface area (Å²) in [7, 11) is 2.75. The molecule has 0 unspecified atom stereocenters. The highest BCUT2D eigenvalue weighted by atomic mass is 19.4. The van der Waals surface area contributed by atoms with Gasteiger partial charge in [-0.1, -0.05) is 12.1 Å². The van der Waals surface area contributed by atoms with E-state index in [0.29, 0.717) is 23.9 Å². The second kappa shape index (κ2) is 12.1. The average Bonchev–Trinajstić information content (AvgIpc) is 2.64. The molecule has 0 aliphatic heterocycles. The van der Waals surface area contributed by atoms with Gasteiger partial charge in [0.1, 0.15) is 18.8 Å². The number of amides is 1. The SMILES string of the molecule is CCNC(=NCC(=O)N(C)CC(F)(F)F)NCCCCc1ccc(OC)cc1. The third-order valence-corrected chi connectivity index (χ3v) is 3.90. The maximum Gasteiger partial charge on any atom is 0.406 e. The summed E-state index contributed by atoms with van der Waals surface area (Å²) in [6.07, 6.45) is -1.63. The molecule has 0 aromatic heterocycles. The molecule has 1 rings (SSSR count). The van der Waals surface area contributed by atoms with Crippen LogP contribution < -0.4 is 15.4 Å². The molecule has 1 aromatic rings. The van der Waals surface area contributed by atoms with E-state index in [-0.39, 0.29) is 6.54 Å². The fourth-order valence-corrected chi connectivity index (χ4v) is 2.42. The van der Waals surface area contributed by atoms with Gasteiger partial charge in [0.05, 0.1) is 7.11 Å². The molecule has 0 aliphatic carbocycles. The van der Waals surface area contributed by atoms with Gasteiger partial charge in [0.25, 0.3) is 0 Å². The van der Waals surface area contributed by atoms with Crippen LogP contribution >= 0.6 is 0 Å². The van der Waals surface area contributed by atoms with Gasteiger partial charge < -0.3 is 20.3 Å². The topological polar surface area (TPSA) is 66.0 Å². The van der Waals surface area contributed by atoms with Gasteiger partial charge in [-0.25, -0.2) is 4.99 Å². The summed E-state index contributed by atoms with van der Waals surface area (Å²) < 4.78 is 42.1. The summed E-state index contributed by atoms with van der Waals surface area (Å²) in [6, 6.07) is 7.91. The summed E-state index contributed by atoms with van der Waals surface area (Å²) >= 11 is 0. The van der Waals surface area contributed by atoms with Crippen molar-refractivity contribution < 1.29 is 22.7 Å². The normalized spacial score (nSPS) is 11.9. The van der Waals surface area contributed by atoms with Crippen LogP contribution in [0.3, 0.4) is 0 Å². The van der Waals surface area contributed by atoms with Crippen molar-refractivity contribution in [2.24, 2.45) is 4.99 Å². The van der Waals surface area contributed by atoms with Crippen LogP contribution in [-0.4, -0.2) is 63.3 Å². The van der Waals surface area contributed by atoms with Crippen molar-refractivity contribution in [1.82, 2.24) is 15.5 Å². The molecule has 0 heterocycles. The first-order valence-corrected chi connectivity index (χ1v) is 9.21. The zero-order valence-corrected chi connectivity index (χ0v) is 16.6. The van der Waals surface area contributed by atoms with Crippen molar-refractivity contribution in [2.45, 2.75) is 32.4 Å². The second-order valence-corrected chi connectivity index (χ2v) is 6.29. The molecule has 28 heavy (non-hydrogen) atoms. The number of carbonyl (C=O) groups is 1. The Balaban J connectivity index is 2.36. The number of nitrogens with one attached hydrogen (secondary N) is 2. The number of carbonyl (C=O) groups excluding carboxylic acids is 1. The number of hydrogen-bond donors (Lipinski definition) is 2. The molecular formula is C19H29F3N4O2. The molecule has 0 aliphatic rings. The van der Waals surface area contributed by atoms with Gasteiger partial charge in [-0.05, 0) is 43.9 Å². The Morgan fingerprint density at radius 1 is 1.18 bits per heavy atom. The molecule has 1 aromatic carbocycles. The largest absolute Gasteiger partial charge is 0.497 e. The highest BCUT2D eigenvalue weighted by Crippen LogP contribution is 2.15. The van der Waals surface area contributed by atoms with Gasteiger partial charge in [-0.15, -0.1) is 0 Å². The molecule has 6 nitrogen and oxygen atoms in total. The van der Waals surface area contributed by atoms with Gasteiger partial charge in [-0.3, -0.25) is 4.79 Å². The Labute approximate surface area is 164 Å². The number of aliphatic imine (C=N–C) groups is 1. The first-order valence-electron chi connectivity index (χ1n) is 9.21. The summed E-state index contributed by atoms with van der Waals surface area (Å²) in [6.45, 7) is 1.49. The average molecular weight is 402 g/mol. The zero-order valence-electron chi connectivity index (χ0n) is 16.6. The number of likely N-dealkylation sites (N-methyl/N-ethyl adjacent to an activating group) is 1. The first kappa shape index (κ1) is 23.6. The molecule has 0 radical (unpaired) electrons. The van der Waals surface area contributed by atoms with E-state index in [4.69, 9.17) is 4.74 Å². The number of benzene rings is 1. The Kier molecular flexibility index (Phi) is 10.2. The van der Waals surface area contributed by atoms with Crippen LogP contribution in [0.4, 0.5) is 13.2 Å². The summed E-state index contributed by atoms with van der Waals surface area (Å²) in [5.74, 6) is 0.557. The van der Waals surface area contributed by atoms with Gasteiger partial charge in [0, 0.05) is 20.1 Å². The first-order chi connectivity index (χ1) is 13.2. The number of alkyl halides is 3. The van der Waals surface area contributed by atoms with Crippen molar-refractivity contribution in [1.29, 1.82) is 0 Å². The van der Waals surface area contributed by atoms with Crippen molar-refractivity contribution in [3.8, 4) is 5.75 Å². The highest BCUT2D eigenvalue weighted by Gasteiger charge is 2.30. The molecule has 1 amide bonds. The number of methoxy groups -OCH3 is 1. The van der Waals surface area contributed by atoms with Crippen LogP contribution in [0.1, 0.15) is 25.3 Å². The van der Waals surface area contributed by atoms with E-state index in [2.05, 4.69) is 15.6 Å². The van der Waals surface area contributed by atoms with Crippen LogP contribution in [0.5, 0.6) is 5.75 Å². The molecule has 9 heteroatoms. The lowest BCUT2D eigenvalue weighted by atomic mass is 10.1. The maximum atomic E-state index is 12.3. The van der Waals surface area contributed by atoms with E-state index in [0.717, 1.165) is 32.1 Å². The smallest absolute Gasteiger partial charge is 0.406 e. The Morgan fingerprint density at radius 2 is 1.86 bits per heavy atom. The van der Waals surface area contributed by atoms with Gasteiger partial charge in [-0.2, -0.15) is 13.2 Å². The van der Waals surface area contributed by atoms with E-state index in [1.807, 2.05) is 31.2 Å². The quantitative estimate of drug-likeness (QED) is 0.359. The predicted octanol–water partition coefficient (Wildman–Crippen LogP) is 2.59. The Hall–Kier alpha value is -2.45. The van der Waals surface area contributed by atoms with Crippen molar-refractivity contribution in [2.75, 3.05) is 40.3 Å². The number of aryl methyl sites for hydroxylation is 1. The predicted molar refractivity (Wildman–Crippen MR) is 104 cm³/mol. The lowest BCUT2D eigenvalue weighted by Gasteiger charge is -2.18. The number of halogens is 3. The molecule has 0 atom stereocenters. The number of ether oxygens (including phenoxy) is 1. The van der Waals surface area contributed by atoms with E-state index in [1.54, 1.807) is 7.11 Å². The van der Waals surface area contributed by atoms with E-state index >= 15 is 0 Å². The monoisotopic (exact) mass is 402 g/mol. The number of nitrogens with zero attached hydrogens (tertiary/aromatic N) is 2. The van der Waals surface area contributed by atoms with Gasteiger partial charge in [0.15, 0.2) is 5.96 Å². The summed E-state index contributed by atoms with van der Waals surface area (Å²) in [4.78, 5) is 16.5. The van der Waals surface area contributed by atoms with Crippen molar-refractivity contribution >= 4 is 11.9 Å². The third-order valence-electron chi connectivity index (χ3n) is 3.90. The minimum Gasteiger partial charge on any atom is -0.497 e. The van der Waals surface area contributed by atoms with Gasteiger partial charge in [0.2, 0.25) is 5.91 Å². The fraction of sp³-hybridized carbons (Fsp3) is 0.579. The van der Waals surface area contributed by atoms with Crippen LogP contribution in [0.25, 0.3) is 0 Å². The molecule has 2 N–H and O–H groups in total. The summed E-state index contributed by atoms with van der Waals surface area (Å²) in [5.41, 5.74) is 1.22. The number of guanidine groups is 1. The number of rotatable bonds is 10. The highest BCUT2D eigenvalue weighted by molar-refractivity contribution is 5.84. The number of unbranched alkanes of at least 4 members (excludes halogenated alkanes) is 1. The zero-order chi connectivity index (χ0) is 21.0. The van der Waals surface area contributed by atoms with Crippen LogP contribution in [-0.2, 0) is 11.2 Å². The lowest BCUT2D eigenvalue weighted by Crippen LogP contribution is -2.40. The third kappa shape index (κ3) is 10.0. The Morgan fingerprint density at radius 3 is 2.43 bits per heavy atom. The fourth-order valence-electron chi connectivity index (χ4n) is 2.42. The number of hydrogen-bond acceptors (Lipinski definition) is 3. The Bertz CT molecular complexity index is 619. The minimum absolute atomic E-state index is 0.340. The minimum atomic E-state index is -4.42. The van der Waals surface area contributed by atoms with E-state index in [9.17, 15) is 18.0 Å². The van der Waals surface area contributed by atoms with Crippen LogP contribution in [0.2, 0.25) is 0 Å². The van der Waals surface area contributed by atoms with Crippen molar-refractivity contribution in [3.63, 3.8) is 0 Å². The van der Waals surface area contributed by atoms with Crippen LogP contribution in [0, 0.1) is 0 Å². The lowest BCUT2D eigenvalue weighted by molar-refractivity contribution is -0.157. The molecule has 158 valence electrons. The molecular weight excluding hydrogens is 373 g/mol. The second-order valence-electron chi connectivity index (χ2n) is 6.29. The van der Waals surface area contributed by atoms with E-state index < -0.39 is 18.6 Å². The van der Waals surface area contributed by atoms with Crippen LogP contribution in [0.15, 0.2) is 29.3 Å². The van der Waals surface area contributed by atoms with Crippen molar-refractivity contribution in [3.05, 3.63) is 29.8 Å². The molecule has 0 saturated carbocycles. The molecule has 0 spiro atoms. The summed E-state index contributed by atoms with van der Waals surface area (Å²) in [5, 5.41) is 6.07.